The van der Waals surface area contributed by atoms with Crippen LogP contribution in [0, 0.1) is 11.8 Å². The van der Waals surface area contributed by atoms with Gasteiger partial charge in [0.25, 0.3) is 0 Å². The molecule has 2 aliphatic rings. The second-order valence-electron chi connectivity index (χ2n) is 9.77. The molecule has 1 aromatic carbocycles. The molecule has 2 heterocycles. The van der Waals surface area contributed by atoms with Gasteiger partial charge in [0.15, 0.2) is 5.82 Å². The number of para-hydroxylation sites is 1. The molecule has 1 saturated carbocycles. The Hall–Kier alpha value is -3.16. The van der Waals surface area contributed by atoms with E-state index in [1.165, 1.54) is 0 Å². The van der Waals surface area contributed by atoms with E-state index in [1.54, 1.807) is 29.6 Å². The van der Waals surface area contributed by atoms with E-state index < -0.39 is 5.97 Å². The Morgan fingerprint density at radius 2 is 1.69 bits per heavy atom. The summed E-state index contributed by atoms with van der Waals surface area (Å²) in [7, 11) is 0. The van der Waals surface area contributed by atoms with Gasteiger partial charge in [-0.25, -0.2) is 9.48 Å². The molecule has 0 spiro atoms. The van der Waals surface area contributed by atoms with Crippen molar-refractivity contribution >= 4 is 23.6 Å². The molecule has 0 N–H and O–H groups in total. The summed E-state index contributed by atoms with van der Waals surface area (Å²) < 4.78 is 7.01. The molecule has 8 nitrogen and oxygen atoms in total. The van der Waals surface area contributed by atoms with E-state index in [0.717, 1.165) is 31.4 Å². The average Bonchev–Trinajstić information content (AvgIpc) is 3.31. The van der Waals surface area contributed by atoms with Crippen LogP contribution in [0.25, 0.3) is 5.69 Å². The summed E-state index contributed by atoms with van der Waals surface area (Å²) in [6, 6.07) is 9.42. The Bertz CT molecular complexity index is 1030. The van der Waals surface area contributed by atoms with Gasteiger partial charge in [0, 0.05) is 38.2 Å². The fourth-order valence-electron chi connectivity index (χ4n) is 5.21. The quantitative estimate of drug-likeness (QED) is 0.578. The number of hydrogen-bond donors (Lipinski definition) is 0. The molecule has 1 aromatic heterocycles. The van der Waals surface area contributed by atoms with Gasteiger partial charge < -0.3 is 9.64 Å². The lowest BCUT2D eigenvalue weighted by Crippen LogP contribution is -2.51. The number of likely N-dealkylation sites (tertiary alicyclic amines) is 1. The number of rotatable bonds is 6. The van der Waals surface area contributed by atoms with Crippen LogP contribution >= 0.6 is 0 Å². The molecule has 188 valence electrons. The minimum absolute atomic E-state index is 0.0297. The van der Waals surface area contributed by atoms with Crippen molar-refractivity contribution in [2.45, 2.75) is 65.3 Å². The molecular weight excluding hydrogens is 444 g/mol. The lowest BCUT2D eigenvalue weighted by Gasteiger charge is -2.39. The monoisotopic (exact) mass is 480 g/mol. The van der Waals surface area contributed by atoms with Gasteiger partial charge >= 0.3 is 5.97 Å². The van der Waals surface area contributed by atoms with Crippen molar-refractivity contribution in [1.29, 1.82) is 0 Å². The molecule has 1 aliphatic carbocycles. The first-order chi connectivity index (χ1) is 16.9. The zero-order valence-electron chi connectivity index (χ0n) is 21.0. The van der Waals surface area contributed by atoms with Crippen LogP contribution < -0.4 is 4.90 Å². The molecule has 35 heavy (non-hydrogen) atoms. The Morgan fingerprint density at radius 3 is 2.29 bits per heavy atom. The number of carbonyl (C=O) groups is 3. The summed E-state index contributed by atoms with van der Waals surface area (Å²) in [6.45, 7) is 6.98. The normalized spacial score (nSPS) is 20.9. The highest BCUT2D eigenvalue weighted by Crippen LogP contribution is 2.34. The Kier molecular flexibility index (Phi) is 7.88. The lowest BCUT2D eigenvalue weighted by molar-refractivity contribution is -0.130. The van der Waals surface area contributed by atoms with E-state index in [0.29, 0.717) is 43.2 Å². The highest BCUT2D eigenvalue weighted by Gasteiger charge is 2.38. The number of piperidine rings is 1. The van der Waals surface area contributed by atoms with Crippen molar-refractivity contribution in [1.82, 2.24) is 14.7 Å². The second-order valence-corrected chi connectivity index (χ2v) is 9.77. The predicted octanol–water partition coefficient (Wildman–Crippen LogP) is 4.22. The maximum absolute atomic E-state index is 14.0. The molecule has 2 amide bonds. The van der Waals surface area contributed by atoms with E-state index in [2.05, 4.69) is 6.92 Å². The third-order valence-corrected chi connectivity index (χ3v) is 7.32. The highest BCUT2D eigenvalue weighted by atomic mass is 16.5. The SMILES string of the molecule is CCOC(=O)c1cn(-c2ccccc2)nc1N(C(=O)C1CCC(C)CC1)C1CCN(C(C)=O)CC1. The minimum Gasteiger partial charge on any atom is -0.462 e. The van der Waals surface area contributed by atoms with Crippen LogP contribution in [-0.2, 0) is 14.3 Å². The van der Waals surface area contributed by atoms with Crippen LogP contribution in [0.5, 0.6) is 0 Å². The first kappa shape index (κ1) is 24.9. The van der Waals surface area contributed by atoms with Crippen molar-refractivity contribution in [2.24, 2.45) is 11.8 Å². The zero-order chi connectivity index (χ0) is 24.9. The summed E-state index contributed by atoms with van der Waals surface area (Å²) >= 11 is 0. The maximum Gasteiger partial charge on any atom is 0.343 e. The van der Waals surface area contributed by atoms with Crippen molar-refractivity contribution in [2.75, 3.05) is 24.6 Å². The molecule has 1 aliphatic heterocycles. The topological polar surface area (TPSA) is 84.7 Å². The standard InChI is InChI=1S/C27H36N4O4/c1-4-35-27(34)24-18-30(22-8-6-5-7-9-22)28-25(24)31(23-14-16-29(17-15-23)20(3)32)26(33)21-12-10-19(2)11-13-21/h5-9,18-19,21,23H,4,10-17H2,1-3H3. The van der Waals surface area contributed by atoms with Crippen molar-refractivity contribution in [3.63, 3.8) is 0 Å². The number of carbonyl (C=O) groups excluding carboxylic acids is 3. The van der Waals surface area contributed by atoms with Gasteiger partial charge in [-0.2, -0.15) is 0 Å². The van der Waals surface area contributed by atoms with E-state index in [-0.39, 0.29) is 30.4 Å². The third-order valence-electron chi connectivity index (χ3n) is 7.32. The number of hydrogen-bond acceptors (Lipinski definition) is 5. The Balaban J connectivity index is 1.74. The van der Waals surface area contributed by atoms with Gasteiger partial charge in [0.1, 0.15) is 5.56 Å². The van der Waals surface area contributed by atoms with Gasteiger partial charge in [-0.3, -0.25) is 14.5 Å². The van der Waals surface area contributed by atoms with Gasteiger partial charge in [-0.15, -0.1) is 5.10 Å². The molecule has 8 heteroatoms. The number of benzene rings is 1. The van der Waals surface area contributed by atoms with Gasteiger partial charge in [-0.1, -0.05) is 25.1 Å². The fraction of sp³-hybridized carbons (Fsp3) is 0.556. The summed E-state index contributed by atoms with van der Waals surface area (Å²) in [5.74, 6) is 0.482. The van der Waals surface area contributed by atoms with E-state index in [1.807, 2.05) is 35.2 Å². The molecule has 0 bridgehead atoms. The Labute approximate surface area is 207 Å². The summed E-state index contributed by atoms with van der Waals surface area (Å²) in [6.07, 6.45) is 6.70. The van der Waals surface area contributed by atoms with Crippen molar-refractivity contribution < 1.29 is 19.1 Å². The molecule has 0 unspecified atom stereocenters. The number of anilines is 1. The van der Waals surface area contributed by atoms with Gasteiger partial charge in [0.2, 0.25) is 11.8 Å². The fourth-order valence-corrected chi connectivity index (χ4v) is 5.21. The smallest absolute Gasteiger partial charge is 0.343 e. The summed E-state index contributed by atoms with van der Waals surface area (Å²) in [5.41, 5.74) is 1.09. The molecule has 1 saturated heterocycles. The third kappa shape index (κ3) is 5.57. The van der Waals surface area contributed by atoms with Crippen LogP contribution in [-0.4, -0.2) is 58.2 Å². The van der Waals surface area contributed by atoms with Gasteiger partial charge in [-0.05, 0) is 63.5 Å². The van der Waals surface area contributed by atoms with Crippen molar-refractivity contribution in [3.05, 3.63) is 42.1 Å². The number of ether oxygens (including phenoxy) is 1. The second kappa shape index (κ2) is 11.1. The van der Waals surface area contributed by atoms with Crippen molar-refractivity contribution in [3.8, 4) is 5.69 Å². The molecule has 0 atom stereocenters. The van der Waals surface area contributed by atoms with Crippen LogP contribution in [0.3, 0.4) is 0 Å². The zero-order valence-corrected chi connectivity index (χ0v) is 21.0. The molecular formula is C27H36N4O4. The largest absolute Gasteiger partial charge is 0.462 e. The van der Waals surface area contributed by atoms with Gasteiger partial charge in [0.05, 0.1) is 12.3 Å². The lowest BCUT2D eigenvalue weighted by atomic mass is 9.82. The molecule has 2 fully saturated rings. The molecule has 4 rings (SSSR count). The first-order valence-corrected chi connectivity index (χ1v) is 12.8. The Morgan fingerprint density at radius 1 is 1.03 bits per heavy atom. The molecule has 2 aromatic rings. The van der Waals surface area contributed by atoms with E-state index in [9.17, 15) is 14.4 Å². The minimum atomic E-state index is -0.485. The summed E-state index contributed by atoms with van der Waals surface area (Å²) in [4.78, 5) is 42.5. The summed E-state index contributed by atoms with van der Waals surface area (Å²) in [5, 5.41) is 4.78. The van der Waals surface area contributed by atoms with Crippen LogP contribution in [0.1, 0.15) is 69.7 Å². The number of esters is 1. The van der Waals surface area contributed by atoms with E-state index >= 15 is 0 Å². The van der Waals surface area contributed by atoms with Crippen LogP contribution in [0.2, 0.25) is 0 Å². The van der Waals surface area contributed by atoms with E-state index in [4.69, 9.17) is 9.84 Å². The average molecular weight is 481 g/mol. The highest BCUT2D eigenvalue weighted by molar-refractivity contribution is 6.02. The number of nitrogens with zero attached hydrogens (tertiary/aromatic N) is 4. The maximum atomic E-state index is 14.0. The van der Waals surface area contributed by atoms with Crippen LogP contribution in [0.15, 0.2) is 36.5 Å². The number of amides is 2. The first-order valence-electron chi connectivity index (χ1n) is 12.8. The predicted molar refractivity (Wildman–Crippen MR) is 133 cm³/mol. The number of aromatic nitrogens is 2. The molecule has 0 radical (unpaired) electrons. The van der Waals surface area contributed by atoms with Crippen LogP contribution in [0.4, 0.5) is 5.82 Å².